The van der Waals surface area contributed by atoms with Crippen LogP contribution in [0.15, 0.2) is 90.2 Å². The average Bonchev–Trinajstić information content (AvgIpc) is 3.16. The first-order valence-corrected chi connectivity index (χ1v) is 10.2. The first-order valence-electron chi connectivity index (χ1n) is 10.2. The predicted molar refractivity (Wildman–Crippen MR) is 124 cm³/mol. The number of para-hydroxylation sites is 2. The Morgan fingerprint density at radius 3 is 2.44 bits per heavy atom. The van der Waals surface area contributed by atoms with Crippen LogP contribution in [-0.2, 0) is 17.5 Å². The first-order chi connectivity index (χ1) is 16.3. The van der Waals surface area contributed by atoms with E-state index in [0.29, 0.717) is 11.3 Å². The van der Waals surface area contributed by atoms with Crippen molar-refractivity contribution in [2.75, 3.05) is 5.32 Å². The summed E-state index contributed by atoms with van der Waals surface area (Å²) in [4.78, 5) is 24.7. The number of anilines is 1. The smallest absolute Gasteiger partial charge is 0.337 e. The van der Waals surface area contributed by atoms with Crippen molar-refractivity contribution in [2.45, 2.75) is 12.7 Å². The third-order valence-corrected chi connectivity index (χ3v) is 5.01. The van der Waals surface area contributed by atoms with E-state index in [1.54, 1.807) is 22.9 Å². The molecule has 6 nitrogen and oxygen atoms in total. The summed E-state index contributed by atoms with van der Waals surface area (Å²) in [6.07, 6.45) is -1.44. The van der Waals surface area contributed by atoms with Crippen molar-refractivity contribution >= 4 is 34.6 Å². The molecule has 0 aliphatic heterocycles. The molecule has 0 saturated carbocycles. The molecule has 4 aromatic rings. The van der Waals surface area contributed by atoms with Crippen molar-refractivity contribution in [1.82, 2.24) is 9.99 Å². The summed E-state index contributed by atoms with van der Waals surface area (Å²) in [6, 6.07) is 20.5. The number of carbonyl (C=O) groups is 2. The standard InChI is InChI=1S/C25H19F3N4O2/c26-25(27,28)19-8-6-7-17(13-19)24(34)31-29-14-18-15-32(22-12-5-4-11-21(18)22)16-23(33)30-20-9-2-1-3-10-20/h1-15H,16H2,(H,30,33)(H,31,34)/b29-14-. The maximum Gasteiger partial charge on any atom is 0.416 e. The van der Waals surface area contributed by atoms with Gasteiger partial charge in [-0.15, -0.1) is 0 Å². The second-order valence-electron chi connectivity index (χ2n) is 7.42. The fraction of sp³-hybridized carbons (Fsp3) is 0.0800. The molecule has 0 unspecified atom stereocenters. The normalized spacial score (nSPS) is 11.6. The predicted octanol–water partition coefficient (Wildman–Crippen LogP) is 5.06. The molecule has 4 rings (SSSR count). The van der Waals surface area contributed by atoms with Gasteiger partial charge in [0.15, 0.2) is 0 Å². The quantitative estimate of drug-likeness (QED) is 0.309. The van der Waals surface area contributed by atoms with Crippen molar-refractivity contribution in [1.29, 1.82) is 0 Å². The SMILES string of the molecule is O=C(Cn1cc(/C=N\NC(=O)c2cccc(C(F)(F)F)c2)c2ccccc21)Nc1ccccc1. The van der Waals surface area contributed by atoms with Gasteiger partial charge in [0.1, 0.15) is 6.54 Å². The van der Waals surface area contributed by atoms with E-state index in [1.807, 2.05) is 42.5 Å². The van der Waals surface area contributed by atoms with Crippen molar-refractivity contribution in [3.8, 4) is 0 Å². The lowest BCUT2D eigenvalue weighted by Gasteiger charge is -2.07. The highest BCUT2D eigenvalue weighted by Crippen LogP contribution is 2.29. The molecule has 0 aliphatic carbocycles. The first kappa shape index (κ1) is 22.8. The van der Waals surface area contributed by atoms with Gasteiger partial charge in [-0.3, -0.25) is 9.59 Å². The van der Waals surface area contributed by atoms with E-state index in [9.17, 15) is 22.8 Å². The summed E-state index contributed by atoms with van der Waals surface area (Å²) in [5.74, 6) is -0.985. The van der Waals surface area contributed by atoms with Gasteiger partial charge in [0.05, 0.1) is 11.8 Å². The lowest BCUT2D eigenvalue weighted by atomic mass is 10.1. The van der Waals surface area contributed by atoms with E-state index in [-0.39, 0.29) is 18.0 Å². The Hall–Kier alpha value is -4.40. The largest absolute Gasteiger partial charge is 0.416 e. The van der Waals surface area contributed by atoms with Crippen LogP contribution in [0.5, 0.6) is 0 Å². The van der Waals surface area contributed by atoms with Crippen molar-refractivity contribution in [3.63, 3.8) is 0 Å². The number of hydrogen-bond donors (Lipinski definition) is 2. The summed E-state index contributed by atoms with van der Waals surface area (Å²) in [5, 5.41) is 7.52. The maximum absolute atomic E-state index is 12.9. The van der Waals surface area contributed by atoms with Gasteiger partial charge in [0, 0.05) is 33.9 Å². The topological polar surface area (TPSA) is 75.5 Å². The van der Waals surface area contributed by atoms with E-state index < -0.39 is 17.6 Å². The van der Waals surface area contributed by atoms with Gasteiger partial charge in [-0.25, -0.2) is 5.43 Å². The number of fused-ring (bicyclic) bond motifs is 1. The van der Waals surface area contributed by atoms with Gasteiger partial charge in [-0.05, 0) is 36.4 Å². The molecule has 2 amide bonds. The monoisotopic (exact) mass is 464 g/mol. The van der Waals surface area contributed by atoms with Crippen LogP contribution in [-0.4, -0.2) is 22.6 Å². The third-order valence-electron chi connectivity index (χ3n) is 5.01. The lowest BCUT2D eigenvalue weighted by Crippen LogP contribution is -2.18. The van der Waals surface area contributed by atoms with Gasteiger partial charge in [0.25, 0.3) is 5.91 Å². The number of amides is 2. The highest BCUT2D eigenvalue weighted by Gasteiger charge is 2.30. The zero-order valence-corrected chi connectivity index (χ0v) is 17.7. The Morgan fingerprint density at radius 1 is 0.941 bits per heavy atom. The highest BCUT2D eigenvalue weighted by molar-refractivity contribution is 6.01. The maximum atomic E-state index is 12.9. The number of aromatic nitrogens is 1. The molecule has 1 aromatic heterocycles. The lowest BCUT2D eigenvalue weighted by molar-refractivity contribution is -0.137. The second kappa shape index (κ2) is 9.62. The highest BCUT2D eigenvalue weighted by atomic mass is 19.4. The number of hydrazone groups is 1. The van der Waals surface area contributed by atoms with Crippen molar-refractivity contribution in [3.05, 3.63) is 102 Å². The average molecular weight is 464 g/mol. The van der Waals surface area contributed by atoms with E-state index in [4.69, 9.17) is 0 Å². The number of halogens is 3. The zero-order valence-electron chi connectivity index (χ0n) is 17.7. The fourth-order valence-electron chi connectivity index (χ4n) is 3.45. The van der Waals surface area contributed by atoms with Gasteiger partial charge in [0.2, 0.25) is 5.91 Å². The van der Waals surface area contributed by atoms with Crippen LogP contribution >= 0.6 is 0 Å². The minimum absolute atomic E-state index is 0.0554. The van der Waals surface area contributed by atoms with Crippen LogP contribution in [0.4, 0.5) is 18.9 Å². The Kier molecular flexibility index (Phi) is 6.44. The molecule has 1 heterocycles. The number of alkyl halides is 3. The van der Waals surface area contributed by atoms with Crippen LogP contribution < -0.4 is 10.7 Å². The van der Waals surface area contributed by atoms with Crippen molar-refractivity contribution < 1.29 is 22.8 Å². The van der Waals surface area contributed by atoms with Gasteiger partial charge >= 0.3 is 6.18 Å². The fourth-order valence-corrected chi connectivity index (χ4v) is 3.45. The summed E-state index contributed by atoms with van der Waals surface area (Å²) in [5.41, 5.74) is 3.28. The molecule has 0 fully saturated rings. The summed E-state index contributed by atoms with van der Waals surface area (Å²) in [7, 11) is 0. The van der Waals surface area contributed by atoms with E-state index >= 15 is 0 Å². The molecule has 0 atom stereocenters. The summed E-state index contributed by atoms with van der Waals surface area (Å²) in [6.45, 7) is 0.0554. The van der Waals surface area contributed by atoms with Crippen LogP contribution in [0.25, 0.3) is 10.9 Å². The van der Waals surface area contributed by atoms with E-state index in [1.165, 1.54) is 12.3 Å². The number of carbonyl (C=O) groups excluding carboxylic acids is 2. The molecular weight excluding hydrogens is 445 g/mol. The number of benzene rings is 3. The number of rotatable bonds is 6. The molecule has 34 heavy (non-hydrogen) atoms. The minimum atomic E-state index is -4.55. The molecule has 9 heteroatoms. The second-order valence-corrected chi connectivity index (χ2v) is 7.42. The molecular formula is C25H19F3N4O2. The third kappa shape index (κ3) is 5.32. The molecule has 0 aliphatic rings. The Balaban J connectivity index is 1.49. The van der Waals surface area contributed by atoms with Crippen LogP contribution in [0.3, 0.4) is 0 Å². The van der Waals surface area contributed by atoms with Gasteiger partial charge in [-0.1, -0.05) is 42.5 Å². The number of nitrogens with zero attached hydrogens (tertiary/aromatic N) is 2. The van der Waals surface area contributed by atoms with Crippen LogP contribution in [0.2, 0.25) is 0 Å². The zero-order chi connectivity index (χ0) is 24.1. The van der Waals surface area contributed by atoms with E-state index in [0.717, 1.165) is 29.1 Å². The Labute approximate surface area is 192 Å². The molecule has 2 N–H and O–H groups in total. The van der Waals surface area contributed by atoms with Crippen molar-refractivity contribution in [2.24, 2.45) is 5.10 Å². The summed E-state index contributed by atoms with van der Waals surface area (Å²) >= 11 is 0. The van der Waals surface area contributed by atoms with Gasteiger partial charge < -0.3 is 9.88 Å². The molecule has 0 radical (unpaired) electrons. The molecule has 3 aromatic carbocycles. The Morgan fingerprint density at radius 2 is 1.68 bits per heavy atom. The number of nitrogens with one attached hydrogen (secondary N) is 2. The van der Waals surface area contributed by atoms with Gasteiger partial charge in [-0.2, -0.15) is 18.3 Å². The molecule has 172 valence electrons. The van der Waals surface area contributed by atoms with Crippen LogP contribution in [0.1, 0.15) is 21.5 Å². The minimum Gasteiger partial charge on any atom is -0.337 e. The molecule has 0 bridgehead atoms. The number of hydrogen-bond acceptors (Lipinski definition) is 3. The Bertz CT molecular complexity index is 1360. The molecule has 0 spiro atoms. The summed E-state index contributed by atoms with van der Waals surface area (Å²) < 4.78 is 40.4. The van der Waals surface area contributed by atoms with E-state index in [2.05, 4.69) is 15.8 Å². The molecule has 0 saturated heterocycles. The van der Waals surface area contributed by atoms with Crippen LogP contribution in [0, 0.1) is 0 Å².